The van der Waals surface area contributed by atoms with E-state index in [0.29, 0.717) is 12.1 Å². The van der Waals surface area contributed by atoms with E-state index in [1.165, 1.54) is 0 Å². The lowest BCUT2D eigenvalue weighted by Crippen LogP contribution is -2.29. The highest BCUT2D eigenvalue weighted by Gasteiger charge is 2.30. The molecule has 146 valence electrons. The van der Waals surface area contributed by atoms with Crippen molar-refractivity contribution in [1.82, 2.24) is 5.32 Å². The molecular formula is C23H31NO3. The number of nitrogens with one attached hydrogen (secondary N) is 1. The number of phenols is 1. The summed E-state index contributed by atoms with van der Waals surface area (Å²) in [5.41, 5.74) is 2.71. The van der Waals surface area contributed by atoms with E-state index < -0.39 is 12.0 Å². The maximum Gasteiger partial charge on any atom is 0.325 e. The van der Waals surface area contributed by atoms with E-state index in [2.05, 4.69) is 26.1 Å². The summed E-state index contributed by atoms with van der Waals surface area (Å²) >= 11 is 0. The Kier molecular flexibility index (Phi) is 6.01. The predicted octanol–water partition coefficient (Wildman–Crippen LogP) is 4.90. The molecule has 0 aliphatic heterocycles. The second-order valence-corrected chi connectivity index (χ2v) is 9.10. The first-order valence-electron chi connectivity index (χ1n) is 9.29. The average molecular weight is 370 g/mol. The van der Waals surface area contributed by atoms with Crippen LogP contribution in [-0.4, -0.2) is 16.2 Å². The van der Waals surface area contributed by atoms with Crippen LogP contribution >= 0.6 is 0 Å². The molecule has 0 unspecified atom stereocenters. The molecule has 0 fully saturated rings. The minimum Gasteiger partial charge on any atom is -0.507 e. The number of carbonyl (C=O) groups is 1. The van der Waals surface area contributed by atoms with Gasteiger partial charge in [0.1, 0.15) is 11.8 Å². The van der Waals surface area contributed by atoms with Crippen molar-refractivity contribution in [2.24, 2.45) is 0 Å². The average Bonchev–Trinajstić information content (AvgIpc) is 2.54. The van der Waals surface area contributed by atoms with Gasteiger partial charge in [0.25, 0.3) is 0 Å². The van der Waals surface area contributed by atoms with Gasteiger partial charge in [-0.2, -0.15) is 0 Å². The van der Waals surface area contributed by atoms with Crippen molar-refractivity contribution in [3.05, 3.63) is 64.7 Å². The van der Waals surface area contributed by atoms with E-state index in [1.807, 2.05) is 63.2 Å². The molecule has 0 heterocycles. The molecule has 0 aromatic heterocycles. The van der Waals surface area contributed by atoms with Crippen molar-refractivity contribution in [2.45, 2.75) is 65.0 Å². The van der Waals surface area contributed by atoms with Gasteiger partial charge in [-0.3, -0.25) is 10.1 Å². The van der Waals surface area contributed by atoms with E-state index in [1.54, 1.807) is 0 Å². The fourth-order valence-electron chi connectivity index (χ4n) is 3.03. The molecule has 0 bridgehead atoms. The Hall–Kier alpha value is -2.33. The molecular weight excluding hydrogens is 338 g/mol. The van der Waals surface area contributed by atoms with Crippen LogP contribution in [0.4, 0.5) is 0 Å². The van der Waals surface area contributed by atoms with Gasteiger partial charge in [-0.05, 0) is 33.6 Å². The van der Waals surface area contributed by atoms with E-state index in [-0.39, 0.29) is 16.6 Å². The molecule has 1 atom stereocenters. The summed E-state index contributed by atoms with van der Waals surface area (Å²) in [5, 5.41) is 23.9. The highest BCUT2D eigenvalue weighted by molar-refractivity contribution is 5.77. The van der Waals surface area contributed by atoms with Crippen molar-refractivity contribution in [1.29, 1.82) is 0 Å². The molecule has 2 aromatic carbocycles. The number of carboxylic acids is 1. The van der Waals surface area contributed by atoms with Gasteiger partial charge < -0.3 is 10.2 Å². The van der Waals surface area contributed by atoms with Gasteiger partial charge in [0.15, 0.2) is 0 Å². The van der Waals surface area contributed by atoms with Crippen LogP contribution in [-0.2, 0) is 22.2 Å². The zero-order valence-corrected chi connectivity index (χ0v) is 17.1. The van der Waals surface area contributed by atoms with Crippen LogP contribution in [0.3, 0.4) is 0 Å². The minimum atomic E-state index is -1.01. The van der Waals surface area contributed by atoms with Gasteiger partial charge >= 0.3 is 5.97 Å². The quantitative estimate of drug-likeness (QED) is 0.701. The summed E-state index contributed by atoms with van der Waals surface area (Å²) < 4.78 is 0. The van der Waals surface area contributed by atoms with Gasteiger partial charge in [-0.15, -0.1) is 0 Å². The summed E-state index contributed by atoms with van der Waals surface area (Å²) in [7, 11) is 0. The second kappa shape index (κ2) is 7.73. The number of benzene rings is 2. The van der Waals surface area contributed by atoms with E-state index in [4.69, 9.17) is 0 Å². The van der Waals surface area contributed by atoms with Crippen LogP contribution in [0.1, 0.15) is 69.8 Å². The van der Waals surface area contributed by atoms with Gasteiger partial charge in [0.2, 0.25) is 0 Å². The predicted molar refractivity (Wildman–Crippen MR) is 109 cm³/mol. The molecule has 0 radical (unpaired) electrons. The maximum absolute atomic E-state index is 12.0. The molecule has 0 spiro atoms. The smallest absolute Gasteiger partial charge is 0.325 e. The third-order valence-electron chi connectivity index (χ3n) is 4.72. The zero-order valence-electron chi connectivity index (χ0n) is 17.1. The Labute approximate surface area is 162 Å². The van der Waals surface area contributed by atoms with Crippen LogP contribution < -0.4 is 5.32 Å². The molecule has 4 heteroatoms. The highest BCUT2D eigenvalue weighted by Crippen LogP contribution is 2.40. The largest absolute Gasteiger partial charge is 0.507 e. The Morgan fingerprint density at radius 3 is 2.07 bits per heavy atom. The van der Waals surface area contributed by atoms with Crippen LogP contribution in [0, 0.1) is 0 Å². The van der Waals surface area contributed by atoms with Crippen molar-refractivity contribution < 1.29 is 15.0 Å². The topological polar surface area (TPSA) is 69.6 Å². The summed E-state index contributed by atoms with van der Waals surface area (Å²) in [6, 6.07) is 12.5. The van der Waals surface area contributed by atoms with Crippen molar-refractivity contribution >= 4 is 5.97 Å². The minimum absolute atomic E-state index is 0.0588. The van der Waals surface area contributed by atoms with E-state index in [9.17, 15) is 15.0 Å². The zero-order chi connectivity index (χ0) is 20.4. The number of carboxylic acid groups (broad SMARTS) is 1. The van der Waals surface area contributed by atoms with Gasteiger partial charge in [-0.25, -0.2) is 0 Å². The molecule has 2 aromatic rings. The van der Waals surface area contributed by atoms with Gasteiger partial charge in [0, 0.05) is 12.1 Å². The third kappa shape index (κ3) is 5.10. The first-order valence-corrected chi connectivity index (χ1v) is 9.29. The Balaban J connectivity index is 2.52. The number of rotatable bonds is 5. The van der Waals surface area contributed by atoms with Crippen LogP contribution in [0.25, 0.3) is 0 Å². The number of hydrogen-bond donors (Lipinski definition) is 3. The van der Waals surface area contributed by atoms with Gasteiger partial charge in [0.05, 0.1) is 0 Å². The molecule has 3 N–H and O–H groups in total. The maximum atomic E-state index is 12.0. The second-order valence-electron chi connectivity index (χ2n) is 9.10. The lowest BCUT2D eigenvalue weighted by molar-refractivity contribution is -0.139. The molecule has 0 saturated heterocycles. The van der Waals surface area contributed by atoms with Gasteiger partial charge in [-0.1, -0.05) is 77.9 Å². The summed E-state index contributed by atoms with van der Waals surface area (Å²) in [6.07, 6.45) is 0. The fourth-order valence-corrected chi connectivity index (χ4v) is 3.03. The lowest BCUT2D eigenvalue weighted by Gasteiger charge is -2.29. The number of phenolic OH excluding ortho intramolecular Hbond substituents is 1. The van der Waals surface area contributed by atoms with Crippen LogP contribution in [0.5, 0.6) is 5.75 Å². The van der Waals surface area contributed by atoms with E-state index in [0.717, 1.165) is 16.7 Å². The lowest BCUT2D eigenvalue weighted by atomic mass is 9.78. The summed E-state index contributed by atoms with van der Waals surface area (Å²) in [4.78, 5) is 12.0. The van der Waals surface area contributed by atoms with Crippen molar-refractivity contribution in [2.75, 3.05) is 0 Å². The highest BCUT2D eigenvalue weighted by atomic mass is 16.4. The molecule has 0 aliphatic carbocycles. The molecule has 0 aliphatic rings. The van der Waals surface area contributed by atoms with E-state index >= 15 is 0 Å². The molecule has 27 heavy (non-hydrogen) atoms. The normalized spacial score (nSPS) is 13.4. The monoisotopic (exact) mass is 369 g/mol. The number of hydrogen-bond acceptors (Lipinski definition) is 3. The molecule has 0 amide bonds. The number of aliphatic carboxylic acids is 1. The molecule has 4 nitrogen and oxygen atoms in total. The molecule has 2 rings (SSSR count). The van der Waals surface area contributed by atoms with Crippen LogP contribution in [0.15, 0.2) is 42.5 Å². The third-order valence-corrected chi connectivity index (χ3v) is 4.72. The van der Waals surface area contributed by atoms with Crippen LogP contribution in [0.2, 0.25) is 0 Å². The van der Waals surface area contributed by atoms with Crippen molar-refractivity contribution in [3.63, 3.8) is 0 Å². The Bertz CT molecular complexity index is 799. The SMILES string of the molecule is CC(C)(C)c1cc([C@@H](NCc2ccccc2)C(=O)O)c(O)c(C(C)(C)C)c1. The van der Waals surface area contributed by atoms with Crippen molar-refractivity contribution in [3.8, 4) is 5.75 Å². The first kappa shape index (κ1) is 21.0. The number of aromatic hydroxyl groups is 1. The fraction of sp³-hybridized carbons (Fsp3) is 0.435. The summed E-state index contributed by atoms with van der Waals surface area (Å²) in [5.74, 6) is -0.949. The first-order chi connectivity index (χ1) is 12.4. The summed E-state index contributed by atoms with van der Waals surface area (Å²) in [6.45, 7) is 12.7. The Morgan fingerprint density at radius 2 is 1.59 bits per heavy atom. The molecule has 0 saturated carbocycles. The standard InChI is InChI=1S/C23H31NO3/c1-22(2,3)16-12-17(20(25)18(13-16)23(4,5)6)19(21(26)27)24-14-15-10-8-7-9-11-15/h7-13,19,24-25H,14H2,1-6H3,(H,26,27)/t19-/m1/s1. The Morgan fingerprint density at radius 1 is 1.00 bits per heavy atom.